The van der Waals surface area contributed by atoms with Crippen LogP contribution in [0.4, 0.5) is 5.69 Å². The molecule has 1 aromatic heterocycles. The van der Waals surface area contributed by atoms with Gasteiger partial charge in [0.25, 0.3) is 0 Å². The van der Waals surface area contributed by atoms with Crippen LogP contribution in [0.1, 0.15) is 24.1 Å². The summed E-state index contributed by atoms with van der Waals surface area (Å²) in [5, 5.41) is 0. The summed E-state index contributed by atoms with van der Waals surface area (Å²) in [6.45, 7) is 2.42. The SMILES string of the molecule is c1ccc(CCc2cccc(N3CCCC3)c2)nc1. The predicted molar refractivity (Wildman–Crippen MR) is 79.5 cm³/mol. The maximum atomic E-state index is 4.38. The molecule has 3 rings (SSSR count). The molecular weight excluding hydrogens is 232 g/mol. The first kappa shape index (κ1) is 12.2. The van der Waals surface area contributed by atoms with E-state index in [4.69, 9.17) is 0 Å². The Labute approximate surface area is 115 Å². The minimum Gasteiger partial charge on any atom is -0.372 e. The molecule has 1 saturated heterocycles. The van der Waals surface area contributed by atoms with Gasteiger partial charge in [0.1, 0.15) is 0 Å². The highest BCUT2D eigenvalue weighted by Crippen LogP contribution is 2.21. The fraction of sp³-hybridized carbons (Fsp3) is 0.353. The van der Waals surface area contributed by atoms with Crippen molar-refractivity contribution in [2.24, 2.45) is 0 Å². The fourth-order valence-corrected chi connectivity index (χ4v) is 2.70. The highest BCUT2D eigenvalue weighted by molar-refractivity contribution is 5.49. The number of anilines is 1. The molecule has 0 spiro atoms. The van der Waals surface area contributed by atoms with Crippen LogP contribution in [-0.2, 0) is 12.8 Å². The lowest BCUT2D eigenvalue weighted by Crippen LogP contribution is -2.17. The molecule has 0 radical (unpaired) electrons. The highest BCUT2D eigenvalue weighted by atomic mass is 15.1. The van der Waals surface area contributed by atoms with Crippen LogP contribution in [0.15, 0.2) is 48.7 Å². The number of benzene rings is 1. The van der Waals surface area contributed by atoms with E-state index < -0.39 is 0 Å². The van der Waals surface area contributed by atoms with Crippen LogP contribution in [0.25, 0.3) is 0 Å². The van der Waals surface area contributed by atoms with Gasteiger partial charge in [-0.15, -0.1) is 0 Å². The van der Waals surface area contributed by atoms with Gasteiger partial charge in [-0.25, -0.2) is 0 Å². The topological polar surface area (TPSA) is 16.1 Å². The molecule has 1 aliphatic heterocycles. The van der Waals surface area contributed by atoms with E-state index >= 15 is 0 Å². The van der Waals surface area contributed by atoms with Crippen LogP contribution in [0.3, 0.4) is 0 Å². The zero-order chi connectivity index (χ0) is 12.9. The van der Waals surface area contributed by atoms with Crippen LogP contribution in [0, 0.1) is 0 Å². The molecule has 2 heteroatoms. The first-order chi connectivity index (χ1) is 9.42. The van der Waals surface area contributed by atoms with Gasteiger partial charge in [-0.3, -0.25) is 4.98 Å². The van der Waals surface area contributed by atoms with Gasteiger partial charge in [0.2, 0.25) is 0 Å². The number of aromatic nitrogens is 1. The molecule has 98 valence electrons. The second kappa shape index (κ2) is 5.87. The van der Waals surface area contributed by atoms with Crippen LogP contribution in [0.5, 0.6) is 0 Å². The molecule has 1 fully saturated rings. The number of hydrogen-bond acceptors (Lipinski definition) is 2. The Hall–Kier alpha value is -1.83. The van der Waals surface area contributed by atoms with E-state index in [-0.39, 0.29) is 0 Å². The van der Waals surface area contributed by atoms with Crippen LogP contribution in [-0.4, -0.2) is 18.1 Å². The minimum atomic E-state index is 1.02. The number of aryl methyl sites for hydroxylation is 2. The molecule has 1 aliphatic rings. The number of pyridine rings is 1. The smallest absolute Gasteiger partial charge is 0.0406 e. The molecule has 0 N–H and O–H groups in total. The minimum absolute atomic E-state index is 1.02. The van der Waals surface area contributed by atoms with Crippen molar-refractivity contribution in [3.05, 3.63) is 59.9 Å². The summed E-state index contributed by atoms with van der Waals surface area (Å²) in [6.07, 6.45) is 6.62. The van der Waals surface area contributed by atoms with Crippen LogP contribution in [0.2, 0.25) is 0 Å². The molecule has 0 amide bonds. The molecule has 1 aromatic carbocycles. The zero-order valence-corrected chi connectivity index (χ0v) is 11.3. The maximum absolute atomic E-state index is 4.38. The van der Waals surface area contributed by atoms with Crippen molar-refractivity contribution in [2.45, 2.75) is 25.7 Å². The van der Waals surface area contributed by atoms with Crippen molar-refractivity contribution >= 4 is 5.69 Å². The Kier molecular flexibility index (Phi) is 3.78. The van der Waals surface area contributed by atoms with E-state index in [0.29, 0.717) is 0 Å². The summed E-state index contributed by atoms with van der Waals surface area (Å²) in [5.74, 6) is 0. The second-order valence-corrected chi connectivity index (χ2v) is 5.19. The van der Waals surface area contributed by atoms with Gasteiger partial charge >= 0.3 is 0 Å². The molecule has 2 aromatic rings. The first-order valence-electron chi connectivity index (χ1n) is 7.16. The van der Waals surface area contributed by atoms with E-state index in [9.17, 15) is 0 Å². The van der Waals surface area contributed by atoms with Crippen molar-refractivity contribution in [2.75, 3.05) is 18.0 Å². The van der Waals surface area contributed by atoms with Gasteiger partial charge in [0.05, 0.1) is 0 Å². The zero-order valence-electron chi connectivity index (χ0n) is 11.3. The van der Waals surface area contributed by atoms with E-state index in [1.165, 1.54) is 42.9 Å². The van der Waals surface area contributed by atoms with Crippen molar-refractivity contribution in [1.82, 2.24) is 4.98 Å². The van der Waals surface area contributed by atoms with Crippen molar-refractivity contribution in [1.29, 1.82) is 0 Å². The lowest BCUT2D eigenvalue weighted by atomic mass is 10.1. The van der Waals surface area contributed by atoms with Gasteiger partial charge in [-0.2, -0.15) is 0 Å². The molecule has 19 heavy (non-hydrogen) atoms. The van der Waals surface area contributed by atoms with Gasteiger partial charge in [0, 0.05) is 30.7 Å². The molecule has 0 unspecified atom stereocenters. The summed E-state index contributed by atoms with van der Waals surface area (Å²) in [5.41, 5.74) is 3.97. The lowest BCUT2D eigenvalue weighted by molar-refractivity contribution is 0.907. The summed E-state index contributed by atoms with van der Waals surface area (Å²) in [7, 11) is 0. The van der Waals surface area contributed by atoms with Crippen molar-refractivity contribution in [3.63, 3.8) is 0 Å². The quantitative estimate of drug-likeness (QED) is 0.828. The van der Waals surface area contributed by atoms with Crippen molar-refractivity contribution < 1.29 is 0 Å². The molecule has 0 saturated carbocycles. The first-order valence-corrected chi connectivity index (χ1v) is 7.16. The standard InChI is InChI=1S/C17H20N2/c1-2-11-18-16(7-1)10-9-15-6-5-8-17(14-15)19-12-3-4-13-19/h1-2,5-8,11,14H,3-4,9-10,12-13H2. The van der Waals surface area contributed by atoms with Crippen LogP contribution >= 0.6 is 0 Å². The average Bonchev–Trinajstić information content (AvgIpc) is 3.01. The molecule has 0 bridgehead atoms. The van der Waals surface area contributed by atoms with Crippen LogP contribution < -0.4 is 4.90 Å². The molecule has 0 aliphatic carbocycles. The second-order valence-electron chi connectivity index (χ2n) is 5.19. The van der Waals surface area contributed by atoms with E-state index in [1.54, 1.807) is 0 Å². The molecule has 2 heterocycles. The summed E-state index contributed by atoms with van der Waals surface area (Å²) >= 11 is 0. The third-order valence-electron chi connectivity index (χ3n) is 3.78. The maximum Gasteiger partial charge on any atom is 0.0406 e. The Balaban J connectivity index is 1.66. The van der Waals surface area contributed by atoms with E-state index in [1.807, 2.05) is 12.3 Å². The summed E-state index contributed by atoms with van der Waals surface area (Å²) in [6, 6.07) is 15.1. The predicted octanol–water partition coefficient (Wildman–Crippen LogP) is 3.47. The third kappa shape index (κ3) is 3.14. The van der Waals surface area contributed by atoms with Gasteiger partial charge < -0.3 is 4.90 Å². The Morgan fingerprint density at radius 1 is 0.947 bits per heavy atom. The largest absolute Gasteiger partial charge is 0.372 e. The van der Waals surface area contributed by atoms with Crippen molar-refractivity contribution in [3.8, 4) is 0 Å². The normalized spacial score (nSPS) is 14.8. The monoisotopic (exact) mass is 252 g/mol. The molecule has 2 nitrogen and oxygen atoms in total. The highest BCUT2D eigenvalue weighted by Gasteiger charge is 2.12. The summed E-state index contributed by atoms with van der Waals surface area (Å²) < 4.78 is 0. The number of rotatable bonds is 4. The Morgan fingerprint density at radius 3 is 2.63 bits per heavy atom. The molecular formula is C17H20N2. The fourth-order valence-electron chi connectivity index (χ4n) is 2.70. The van der Waals surface area contributed by atoms with Gasteiger partial charge in [-0.05, 0) is 55.5 Å². The van der Waals surface area contributed by atoms with E-state index in [2.05, 4.69) is 46.3 Å². The number of hydrogen-bond donors (Lipinski definition) is 0. The third-order valence-corrected chi connectivity index (χ3v) is 3.78. The van der Waals surface area contributed by atoms with E-state index in [0.717, 1.165) is 12.8 Å². The summed E-state index contributed by atoms with van der Waals surface area (Å²) in [4.78, 5) is 6.87. The van der Waals surface area contributed by atoms with Gasteiger partial charge in [0.15, 0.2) is 0 Å². The Morgan fingerprint density at radius 2 is 1.84 bits per heavy atom. The lowest BCUT2D eigenvalue weighted by Gasteiger charge is -2.18. The van der Waals surface area contributed by atoms with Gasteiger partial charge in [-0.1, -0.05) is 18.2 Å². The Bertz CT molecular complexity index is 516. The molecule has 0 atom stereocenters. The average molecular weight is 252 g/mol. The number of nitrogens with zero attached hydrogens (tertiary/aromatic N) is 2.